The second-order valence-electron chi connectivity index (χ2n) is 3.91. The molecule has 0 aliphatic rings. The molecule has 0 N–H and O–H groups in total. The van der Waals surface area contributed by atoms with E-state index < -0.39 is 0 Å². The van der Waals surface area contributed by atoms with Crippen LogP contribution in [0.2, 0.25) is 0 Å². The van der Waals surface area contributed by atoms with Gasteiger partial charge in [-0.05, 0) is 50.5 Å². The SMILES string of the molecule is CC/C(C)=N\N(C=O)c1ccc(C)c(C)c1. The van der Waals surface area contributed by atoms with Crippen LogP contribution in [0.5, 0.6) is 0 Å². The molecule has 0 unspecified atom stereocenters. The largest absolute Gasteiger partial charge is 0.276 e. The lowest BCUT2D eigenvalue weighted by Crippen LogP contribution is -2.15. The number of amides is 1. The zero-order chi connectivity index (χ0) is 12.1. The van der Waals surface area contributed by atoms with Crippen molar-refractivity contribution in [3.05, 3.63) is 29.3 Å². The molecule has 0 aliphatic carbocycles. The molecule has 0 radical (unpaired) electrons. The first kappa shape index (κ1) is 12.4. The van der Waals surface area contributed by atoms with Crippen LogP contribution in [0.15, 0.2) is 23.3 Å². The van der Waals surface area contributed by atoms with Crippen LogP contribution in [-0.4, -0.2) is 12.1 Å². The molecule has 0 fully saturated rings. The minimum atomic E-state index is 0.739. The third kappa shape index (κ3) is 2.92. The summed E-state index contributed by atoms with van der Waals surface area (Å²) in [7, 11) is 0. The zero-order valence-corrected chi connectivity index (χ0v) is 10.3. The van der Waals surface area contributed by atoms with Gasteiger partial charge in [-0.3, -0.25) is 4.79 Å². The van der Waals surface area contributed by atoms with Gasteiger partial charge >= 0.3 is 0 Å². The van der Waals surface area contributed by atoms with E-state index in [1.807, 2.05) is 45.9 Å². The van der Waals surface area contributed by atoms with Gasteiger partial charge in [-0.15, -0.1) is 0 Å². The number of nitrogens with zero attached hydrogens (tertiary/aromatic N) is 2. The summed E-state index contributed by atoms with van der Waals surface area (Å²) in [5.41, 5.74) is 4.12. The highest BCUT2D eigenvalue weighted by atomic mass is 16.1. The van der Waals surface area contributed by atoms with E-state index in [-0.39, 0.29) is 0 Å². The minimum absolute atomic E-state index is 0.739. The fraction of sp³-hybridized carbons (Fsp3) is 0.385. The maximum absolute atomic E-state index is 11.0. The van der Waals surface area contributed by atoms with Crippen LogP contribution in [0.25, 0.3) is 0 Å². The van der Waals surface area contributed by atoms with Gasteiger partial charge in [-0.25, -0.2) is 5.01 Å². The number of carbonyl (C=O) groups is 1. The summed E-state index contributed by atoms with van der Waals surface area (Å²) in [6.07, 6.45) is 1.58. The number of rotatable bonds is 4. The third-order valence-corrected chi connectivity index (χ3v) is 2.64. The molecule has 0 bridgehead atoms. The molecule has 1 aromatic rings. The quantitative estimate of drug-likeness (QED) is 0.434. The van der Waals surface area contributed by atoms with Crippen molar-refractivity contribution in [2.75, 3.05) is 5.01 Å². The molecule has 1 rings (SSSR count). The fourth-order valence-corrected chi connectivity index (χ4v) is 1.26. The average Bonchev–Trinajstić information content (AvgIpc) is 2.29. The van der Waals surface area contributed by atoms with Gasteiger partial charge in [0.1, 0.15) is 0 Å². The predicted octanol–water partition coefficient (Wildman–Crippen LogP) is 3.05. The van der Waals surface area contributed by atoms with Crippen molar-refractivity contribution in [2.45, 2.75) is 34.1 Å². The molecule has 86 valence electrons. The van der Waals surface area contributed by atoms with E-state index in [1.165, 1.54) is 10.6 Å². The Hall–Kier alpha value is -1.64. The molecule has 0 heterocycles. The molecule has 1 aromatic carbocycles. The van der Waals surface area contributed by atoms with Crippen LogP contribution < -0.4 is 5.01 Å². The number of hydrogen-bond acceptors (Lipinski definition) is 2. The zero-order valence-electron chi connectivity index (χ0n) is 10.3. The maximum Gasteiger partial charge on any atom is 0.234 e. The summed E-state index contributed by atoms with van der Waals surface area (Å²) >= 11 is 0. The normalized spacial score (nSPS) is 11.4. The Morgan fingerprint density at radius 1 is 1.38 bits per heavy atom. The minimum Gasteiger partial charge on any atom is -0.276 e. The Bertz CT molecular complexity index is 410. The summed E-state index contributed by atoms with van der Waals surface area (Å²) in [5.74, 6) is 0. The van der Waals surface area contributed by atoms with Crippen LogP contribution in [0.1, 0.15) is 31.4 Å². The van der Waals surface area contributed by atoms with E-state index in [4.69, 9.17) is 0 Å². The summed E-state index contributed by atoms with van der Waals surface area (Å²) in [6.45, 7) is 8.00. The molecule has 3 nitrogen and oxygen atoms in total. The number of carbonyl (C=O) groups excluding carboxylic acids is 1. The molecular formula is C13H18N2O. The fourth-order valence-electron chi connectivity index (χ4n) is 1.26. The number of anilines is 1. The van der Waals surface area contributed by atoms with Gasteiger partial charge < -0.3 is 0 Å². The number of hydrogen-bond donors (Lipinski definition) is 0. The summed E-state index contributed by atoms with van der Waals surface area (Å²) in [6, 6.07) is 5.87. The lowest BCUT2D eigenvalue weighted by molar-refractivity contribution is -0.107. The average molecular weight is 218 g/mol. The number of benzene rings is 1. The number of aryl methyl sites for hydroxylation is 2. The van der Waals surface area contributed by atoms with Crippen LogP contribution in [0, 0.1) is 13.8 Å². The highest BCUT2D eigenvalue weighted by Crippen LogP contribution is 2.18. The monoisotopic (exact) mass is 218 g/mol. The first-order valence-corrected chi connectivity index (χ1v) is 5.44. The van der Waals surface area contributed by atoms with Crippen molar-refractivity contribution in [3.63, 3.8) is 0 Å². The highest BCUT2D eigenvalue weighted by Gasteiger charge is 2.04. The van der Waals surface area contributed by atoms with Gasteiger partial charge in [0.2, 0.25) is 6.41 Å². The number of hydrazone groups is 1. The van der Waals surface area contributed by atoms with E-state index in [1.54, 1.807) is 0 Å². The van der Waals surface area contributed by atoms with Gasteiger partial charge in [0, 0.05) is 5.71 Å². The molecule has 0 saturated carbocycles. The van der Waals surface area contributed by atoms with Crippen molar-refractivity contribution in [3.8, 4) is 0 Å². The standard InChI is InChI=1S/C13H18N2O/c1-5-12(4)14-15(9-16)13-7-6-10(2)11(3)8-13/h6-9H,5H2,1-4H3/b14-12-. The van der Waals surface area contributed by atoms with Crippen LogP contribution in [0.4, 0.5) is 5.69 Å². The van der Waals surface area contributed by atoms with Crippen molar-refractivity contribution in [1.29, 1.82) is 0 Å². The van der Waals surface area contributed by atoms with Crippen LogP contribution in [0.3, 0.4) is 0 Å². The Labute approximate surface area is 96.8 Å². The topological polar surface area (TPSA) is 32.7 Å². The summed E-state index contributed by atoms with van der Waals surface area (Å²) < 4.78 is 0. The summed E-state index contributed by atoms with van der Waals surface area (Å²) in [4.78, 5) is 11.0. The predicted molar refractivity (Wildman–Crippen MR) is 67.9 cm³/mol. The first-order chi connectivity index (χ1) is 7.58. The van der Waals surface area contributed by atoms with Crippen LogP contribution in [-0.2, 0) is 4.79 Å². The highest BCUT2D eigenvalue weighted by molar-refractivity contribution is 5.86. The lowest BCUT2D eigenvalue weighted by atomic mass is 10.1. The Kier molecular flexibility index (Phi) is 4.23. The molecule has 0 atom stereocenters. The molecule has 0 aromatic heterocycles. The second kappa shape index (κ2) is 5.45. The van der Waals surface area contributed by atoms with Gasteiger partial charge in [-0.1, -0.05) is 13.0 Å². The van der Waals surface area contributed by atoms with E-state index >= 15 is 0 Å². The van der Waals surface area contributed by atoms with Gasteiger partial charge in [0.05, 0.1) is 5.69 Å². The Balaban J connectivity index is 3.04. The maximum atomic E-state index is 11.0. The van der Waals surface area contributed by atoms with Crippen molar-refractivity contribution in [1.82, 2.24) is 0 Å². The van der Waals surface area contributed by atoms with E-state index in [0.717, 1.165) is 29.8 Å². The molecular weight excluding hydrogens is 200 g/mol. The van der Waals surface area contributed by atoms with E-state index in [0.29, 0.717) is 0 Å². The summed E-state index contributed by atoms with van der Waals surface area (Å²) in [5, 5.41) is 5.62. The van der Waals surface area contributed by atoms with Crippen molar-refractivity contribution < 1.29 is 4.79 Å². The van der Waals surface area contributed by atoms with Crippen molar-refractivity contribution >= 4 is 17.8 Å². The molecule has 16 heavy (non-hydrogen) atoms. The van der Waals surface area contributed by atoms with Gasteiger partial charge in [0.15, 0.2) is 0 Å². The first-order valence-electron chi connectivity index (χ1n) is 5.44. The van der Waals surface area contributed by atoms with E-state index in [9.17, 15) is 4.79 Å². The molecule has 0 saturated heterocycles. The van der Waals surface area contributed by atoms with Crippen molar-refractivity contribution in [2.24, 2.45) is 5.10 Å². The van der Waals surface area contributed by atoms with E-state index in [2.05, 4.69) is 5.10 Å². The van der Waals surface area contributed by atoms with Crippen LogP contribution >= 0.6 is 0 Å². The van der Waals surface area contributed by atoms with Gasteiger partial charge in [-0.2, -0.15) is 5.10 Å². The molecule has 0 aliphatic heterocycles. The Morgan fingerprint density at radius 2 is 2.06 bits per heavy atom. The second-order valence-corrected chi connectivity index (χ2v) is 3.91. The lowest BCUT2D eigenvalue weighted by Gasteiger charge is -2.13. The molecule has 3 heteroatoms. The molecule has 1 amide bonds. The Morgan fingerprint density at radius 3 is 2.56 bits per heavy atom. The third-order valence-electron chi connectivity index (χ3n) is 2.64. The smallest absolute Gasteiger partial charge is 0.234 e. The molecule has 0 spiro atoms. The van der Waals surface area contributed by atoms with Gasteiger partial charge in [0.25, 0.3) is 0 Å².